The third-order valence-electron chi connectivity index (χ3n) is 8.57. The molecular weight excluding hydrogens is 615 g/mol. The average molecular weight is 648 g/mol. The third-order valence-corrected chi connectivity index (χ3v) is 8.57. The highest BCUT2D eigenvalue weighted by Gasteiger charge is 2.50. The molecule has 16 heteroatoms. The maximum Gasteiger partial charge on any atom is 0.421 e. The number of nitrogens with one attached hydrogen (secondary N) is 2. The van der Waals surface area contributed by atoms with E-state index in [1.807, 2.05) is 0 Å². The predicted molar refractivity (Wildman–Crippen MR) is 147 cm³/mol. The molecule has 1 aliphatic carbocycles. The predicted octanol–water partition coefficient (Wildman–Crippen LogP) is 4.58. The van der Waals surface area contributed by atoms with E-state index in [1.54, 1.807) is 0 Å². The Morgan fingerprint density at radius 1 is 1.11 bits per heavy atom. The van der Waals surface area contributed by atoms with Gasteiger partial charge in [0.15, 0.2) is 0 Å². The van der Waals surface area contributed by atoms with E-state index >= 15 is 8.78 Å². The van der Waals surface area contributed by atoms with Crippen molar-refractivity contribution in [3.63, 3.8) is 0 Å². The number of halogens is 7. The van der Waals surface area contributed by atoms with Gasteiger partial charge in [-0.1, -0.05) is 0 Å². The van der Waals surface area contributed by atoms with E-state index in [0.29, 0.717) is 4.90 Å². The fourth-order valence-electron chi connectivity index (χ4n) is 6.39. The number of alkyl halides is 5. The molecule has 5 rings (SSSR count). The van der Waals surface area contributed by atoms with Gasteiger partial charge in [-0.3, -0.25) is 9.69 Å². The van der Waals surface area contributed by atoms with E-state index in [1.165, 1.54) is 18.9 Å². The number of benzene rings is 1. The number of amides is 3. The summed E-state index contributed by atoms with van der Waals surface area (Å²) >= 11 is 0. The molecular formula is C29H32F7N5O4. The van der Waals surface area contributed by atoms with Crippen molar-refractivity contribution in [2.75, 3.05) is 36.5 Å². The summed E-state index contributed by atoms with van der Waals surface area (Å²) < 4.78 is 105. The van der Waals surface area contributed by atoms with Crippen molar-refractivity contribution >= 4 is 23.4 Å². The van der Waals surface area contributed by atoms with Crippen molar-refractivity contribution in [3.05, 3.63) is 47.2 Å². The number of aliphatic hydroxyl groups is 1. The van der Waals surface area contributed by atoms with Crippen LogP contribution >= 0.6 is 0 Å². The van der Waals surface area contributed by atoms with Crippen LogP contribution in [0.2, 0.25) is 0 Å². The van der Waals surface area contributed by atoms with Crippen LogP contribution in [-0.2, 0) is 11.0 Å². The van der Waals surface area contributed by atoms with Gasteiger partial charge in [-0.25, -0.2) is 27.3 Å². The average Bonchev–Trinajstić information content (AvgIpc) is 3.25. The molecule has 1 aromatic carbocycles. The number of nitrogens with zero attached hydrogens (tertiary/aromatic N) is 3. The summed E-state index contributed by atoms with van der Waals surface area (Å²) in [5.74, 6) is -6.72. The third kappa shape index (κ3) is 6.60. The molecule has 2 saturated heterocycles. The van der Waals surface area contributed by atoms with Gasteiger partial charge < -0.3 is 25.4 Å². The van der Waals surface area contributed by atoms with Crippen LogP contribution in [0.3, 0.4) is 0 Å². The molecule has 2 atom stereocenters. The van der Waals surface area contributed by atoms with Gasteiger partial charge in [-0.15, -0.1) is 0 Å². The number of hydrogen-bond acceptors (Lipinski definition) is 6. The number of pyridine rings is 1. The first kappa shape index (κ1) is 32.6. The number of carbonyl (C=O) groups is 2. The lowest BCUT2D eigenvalue weighted by atomic mass is 9.86. The minimum atomic E-state index is -5.03. The van der Waals surface area contributed by atoms with Gasteiger partial charge in [0.05, 0.1) is 18.4 Å². The Morgan fingerprint density at radius 3 is 2.27 bits per heavy atom. The molecule has 3 aliphatic rings. The van der Waals surface area contributed by atoms with Crippen LogP contribution < -0.4 is 25.2 Å². The molecule has 2 aliphatic heterocycles. The van der Waals surface area contributed by atoms with Crippen LogP contribution in [0.5, 0.6) is 5.75 Å². The summed E-state index contributed by atoms with van der Waals surface area (Å²) in [6.07, 6.45) is -5.73. The highest BCUT2D eigenvalue weighted by Crippen LogP contribution is 2.46. The number of urea groups is 1. The van der Waals surface area contributed by atoms with Crippen molar-refractivity contribution < 1.29 is 50.2 Å². The molecule has 3 N–H and O–H groups in total. The van der Waals surface area contributed by atoms with Crippen molar-refractivity contribution in [3.8, 4) is 5.75 Å². The lowest BCUT2D eigenvalue weighted by molar-refractivity contribution is -0.137. The molecule has 45 heavy (non-hydrogen) atoms. The molecule has 3 amide bonds. The summed E-state index contributed by atoms with van der Waals surface area (Å²) in [7, 11) is 1.17. The number of ether oxygens (including phenoxy) is 1. The molecule has 1 saturated carbocycles. The number of aromatic nitrogens is 1. The Morgan fingerprint density at radius 2 is 1.73 bits per heavy atom. The Kier molecular flexibility index (Phi) is 8.81. The molecule has 0 bridgehead atoms. The van der Waals surface area contributed by atoms with Gasteiger partial charge in [0.25, 0.3) is 5.91 Å². The van der Waals surface area contributed by atoms with Gasteiger partial charge in [-0.2, -0.15) is 13.2 Å². The lowest BCUT2D eigenvalue weighted by Crippen LogP contribution is -2.60. The molecule has 1 aromatic heterocycles. The van der Waals surface area contributed by atoms with E-state index in [9.17, 15) is 36.6 Å². The molecule has 9 nitrogen and oxygen atoms in total. The number of β-amino-alcohol motifs (C(OH)–C–C–N with tert-alkyl or cyclic N) is 1. The Labute approximate surface area is 253 Å². The molecule has 1 unspecified atom stereocenters. The number of anilines is 2. The van der Waals surface area contributed by atoms with Crippen molar-refractivity contribution in [2.45, 2.75) is 68.8 Å². The lowest BCUT2D eigenvalue weighted by Gasteiger charge is -2.46. The van der Waals surface area contributed by atoms with Gasteiger partial charge in [0.2, 0.25) is 6.43 Å². The summed E-state index contributed by atoms with van der Waals surface area (Å²) in [4.78, 5) is 32.6. The largest absolute Gasteiger partial charge is 0.497 e. The summed E-state index contributed by atoms with van der Waals surface area (Å²) in [6, 6.07) is -0.412. The zero-order chi connectivity index (χ0) is 32.8. The van der Waals surface area contributed by atoms with Crippen LogP contribution in [0.15, 0.2) is 24.4 Å². The fourth-order valence-corrected chi connectivity index (χ4v) is 6.39. The summed E-state index contributed by atoms with van der Waals surface area (Å²) in [5.41, 5.74) is -3.52. The summed E-state index contributed by atoms with van der Waals surface area (Å²) in [5, 5.41) is 15.1. The maximum absolute atomic E-state index is 15.3. The minimum Gasteiger partial charge on any atom is -0.497 e. The van der Waals surface area contributed by atoms with Crippen LogP contribution in [0, 0.1) is 17.6 Å². The first-order valence-corrected chi connectivity index (χ1v) is 14.3. The van der Waals surface area contributed by atoms with E-state index in [0.717, 1.165) is 24.4 Å². The Bertz CT molecular complexity index is 1420. The standard InChI is InChI=1S/C29H32F7N5O4/c1-28(44)12-40(13-28)20-7-8-37-25(22(20)29(34,35)36)41-11-17(21-18(30)9-16(45-2)10-19(21)31)23(26(41)42)39-27(43)38-15-5-3-14(4-6-15)24(32)33/h7-10,14-15,17,23-24,44H,3-6,11-13H2,1-2H3,(H2,38,39,43)/t14-,15-,17-,23?/m0/s1. The van der Waals surface area contributed by atoms with E-state index in [-0.39, 0.29) is 50.2 Å². The van der Waals surface area contributed by atoms with E-state index in [4.69, 9.17) is 4.74 Å². The zero-order valence-corrected chi connectivity index (χ0v) is 24.3. The van der Waals surface area contributed by atoms with Crippen molar-refractivity contribution in [1.29, 1.82) is 0 Å². The van der Waals surface area contributed by atoms with E-state index in [2.05, 4.69) is 15.6 Å². The molecule has 3 fully saturated rings. The van der Waals surface area contributed by atoms with Gasteiger partial charge in [0, 0.05) is 61.4 Å². The number of rotatable bonds is 7. The fraction of sp³-hybridized carbons (Fsp3) is 0.552. The highest BCUT2D eigenvalue weighted by molar-refractivity contribution is 6.03. The van der Waals surface area contributed by atoms with Crippen LogP contribution in [0.25, 0.3) is 0 Å². The monoisotopic (exact) mass is 647 g/mol. The van der Waals surface area contributed by atoms with Crippen molar-refractivity contribution in [1.82, 2.24) is 15.6 Å². The molecule has 2 aromatic rings. The quantitative estimate of drug-likeness (QED) is 0.380. The Hall–Kier alpha value is -3.82. The number of carbonyl (C=O) groups excluding carboxylic acids is 2. The minimum absolute atomic E-state index is 0.123. The second-order valence-electron chi connectivity index (χ2n) is 12.0. The maximum atomic E-state index is 15.3. The van der Waals surface area contributed by atoms with Crippen LogP contribution in [0.1, 0.15) is 49.7 Å². The Balaban J connectivity index is 1.48. The number of hydrogen-bond donors (Lipinski definition) is 3. The van der Waals surface area contributed by atoms with Gasteiger partial charge >= 0.3 is 12.2 Å². The van der Waals surface area contributed by atoms with Gasteiger partial charge in [0.1, 0.15) is 34.8 Å². The van der Waals surface area contributed by atoms with Crippen LogP contribution in [0.4, 0.5) is 47.0 Å². The summed E-state index contributed by atoms with van der Waals surface area (Å²) in [6.45, 7) is 0.530. The second-order valence-corrected chi connectivity index (χ2v) is 12.0. The highest BCUT2D eigenvalue weighted by atomic mass is 19.4. The SMILES string of the molecule is COc1cc(F)c([C@@H]2CN(c3nccc(N4CC(C)(O)C4)c3C(F)(F)F)C(=O)C2NC(=O)N[C@H]2CC[C@H](C(F)F)CC2)c(F)c1. The second kappa shape index (κ2) is 12.2. The van der Waals surface area contributed by atoms with Crippen LogP contribution in [-0.4, -0.2) is 72.9 Å². The smallest absolute Gasteiger partial charge is 0.421 e. The van der Waals surface area contributed by atoms with Crippen molar-refractivity contribution in [2.24, 2.45) is 5.92 Å². The molecule has 246 valence electrons. The molecule has 0 radical (unpaired) electrons. The first-order chi connectivity index (χ1) is 21.1. The normalized spacial score (nSPS) is 24.9. The topological polar surface area (TPSA) is 107 Å². The van der Waals surface area contributed by atoms with E-state index < -0.39 is 89.2 Å². The molecule has 0 spiro atoms. The zero-order valence-electron chi connectivity index (χ0n) is 24.3. The first-order valence-electron chi connectivity index (χ1n) is 14.3. The number of methoxy groups -OCH3 is 1. The van der Waals surface area contributed by atoms with Gasteiger partial charge in [-0.05, 0) is 38.7 Å². The molecule has 3 heterocycles.